The maximum Gasteiger partial charge on any atom is 0.296 e. The van der Waals surface area contributed by atoms with Gasteiger partial charge in [0, 0.05) is 31.7 Å². The first-order valence-electron chi connectivity index (χ1n) is 7.06. The fourth-order valence-corrected chi connectivity index (χ4v) is 2.90. The maximum atomic E-state index is 11.6. The van der Waals surface area contributed by atoms with Gasteiger partial charge in [0.05, 0.1) is 11.3 Å². The summed E-state index contributed by atoms with van der Waals surface area (Å²) in [5, 5.41) is 5.53. The lowest BCUT2D eigenvalue weighted by Crippen LogP contribution is -2.44. The number of anilines is 2. The highest BCUT2D eigenvalue weighted by Gasteiger charge is 2.29. The first-order chi connectivity index (χ1) is 10.0. The molecule has 1 aromatic rings. The topological polar surface area (TPSA) is 78.5 Å². The van der Waals surface area contributed by atoms with Crippen LogP contribution in [0, 0.1) is 0 Å². The molecule has 2 aliphatic rings. The molecule has 0 aromatic heterocycles. The standard InChI is InChI=1S/C15H17N3O3/c1-9(19)16-10-4-6-18(7-5-10)11-2-3-12-13(8-11)17-15(21)14(12)20/h2-3,8,10H,4-7H2,1H3,(H,16,19)(H,17,20,21). The van der Waals surface area contributed by atoms with E-state index in [0.29, 0.717) is 11.3 Å². The summed E-state index contributed by atoms with van der Waals surface area (Å²) in [4.78, 5) is 36.2. The molecule has 6 heteroatoms. The van der Waals surface area contributed by atoms with Crippen LogP contribution in [-0.2, 0) is 9.59 Å². The van der Waals surface area contributed by atoms with E-state index in [-0.39, 0.29) is 11.9 Å². The Morgan fingerprint density at radius 3 is 2.67 bits per heavy atom. The summed E-state index contributed by atoms with van der Waals surface area (Å²) in [6.45, 7) is 3.21. The minimum absolute atomic E-state index is 0.00667. The van der Waals surface area contributed by atoms with Gasteiger partial charge in [0.2, 0.25) is 5.91 Å². The van der Waals surface area contributed by atoms with Crippen molar-refractivity contribution in [2.45, 2.75) is 25.8 Å². The first kappa shape index (κ1) is 13.6. The van der Waals surface area contributed by atoms with Crippen LogP contribution in [-0.4, -0.2) is 36.7 Å². The molecule has 0 aliphatic carbocycles. The molecular formula is C15H17N3O3. The van der Waals surface area contributed by atoms with E-state index in [0.717, 1.165) is 31.6 Å². The van der Waals surface area contributed by atoms with E-state index >= 15 is 0 Å². The number of amides is 2. The third-order valence-electron chi connectivity index (χ3n) is 3.97. The number of benzene rings is 1. The van der Waals surface area contributed by atoms with Crippen molar-refractivity contribution in [3.05, 3.63) is 23.8 Å². The van der Waals surface area contributed by atoms with E-state index in [1.54, 1.807) is 6.07 Å². The summed E-state index contributed by atoms with van der Waals surface area (Å²) in [6, 6.07) is 5.65. The monoisotopic (exact) mass is 287 g/mol. The molecule has 0 bridgehead atoms. The Balaban J connectivity index is 1.70. The van der Waals surface area contributed by atoms with Crippen molar-refractivity contribution in [3.63, 3.8) is 0 Å². The Bertz CT molecular complexity index is 619. The molecule has 3 rings (SSSR count). The van der Waals surface area contributed by atoms with Gasteiger partial charge in [-0.05, 0) is 31.0 Å². The van der Waals surface area contributed by atoms with Crippen molar-refractivity contribution in [2.75, 3.05) is 23.3 Å². The molecule has 2 amide bonds. The van der Waals surface area contributed by atoms with Crippen LogP contribution in [0.5, 0.6) is 0 Å². The van der Waals surface area contributed by atoms with Gasteiger partial charge in [0.1, 0.15) is 0 Å². The lowest BCUT2D eigenvalue weighted by atomic mass is 10.0. The predicted molar refractivity (Wildman–Crippen MR) is 78.5 cm³/mol. The van der Waals surface area contributed by atoms with Crippen molar-refractivity contribution >= 4 is 29.0 Å². The minimum Gasteiger partial charge on any atom is -0.371 e. The van der Waals surface area contributed by atoms with Gasteiger partial charge in [0.15, 0.2) is 0 Å². The van der Waals surface area contributed by atoms with Crippen molar-refractivity contribution in [1.29, 1.82) is 0 Å². The average Bonchev–Trinajstić information content (AvgIpc) is 2.74. The van der Waals surface area contributed by atoms with Crippen molar-refractivity contribution < 1.29 is 14.4 Å². The number of piperidine rings is 1. The summed E-state index contributed by atoms with van der Waals surface area (Å²) in [5.41, 5.74) is 2.02. The number of Topliss-reactive ketones (excluding diaryl/α,β-unsaturated/α-hetero) is 1. The van der Waals surface area contributed by atoms with E-state index in [1.165, 1.54) is 6.92 Å². The Kier molecular flexibility index (Phi) is 3.37. The Morgan fingerprint density at radius 2 is 2.00 bits per heavy atom. The molecular weight excluding hydrogens is 270 g/mol. The zero-order valence-electron chi connectivity index (χ0n) is 11.8. The third kappa shape index (κ3) is 2.61. The second-order valence-corrected chi connectivity index (χ2v) is 5.47. The quantitative estimate of drug-likeness (QED) is 0.793. The molecule has 2 heterocycles. The lowest BCUT2D eigenvalue weighted by Gasteiger charge is -2.34. The number of hydrogen-bond acceptors (Lipinski definition) is 4. The summed E-state index contributed by atoms with van der Waals surface area (Å²) >= 11 is 0. The van der Waals surface area contributed by atoms with E-state index in [2.05, 4.69) is 15.5 Å². The number of carbonyl (C=O) groups is 3. The van der Waals surface area contributed by atoms with Gasteiger partial charge in [-0.2, -0.15) is 0 Å². The zero-order valence-corrected chi connectivity index (χ0v) is 11.8. The molecule has 0 unspecified atom stereocenters. The largest absolute Gasteiger partial charge is 0.371 e. The number of rotatable bonds is 2. The summed E-state index contributed by atoms with van der Waals surface area (Å²) in [5.74, 6) is -1.03. The summed E-state index contributed by atoms with van der Waals surface area (Å²) in [6.07, 6.45) is 1.78. The second-order valence-electron chi connectivity index (χ2n) is 5.47. The number of hydrogen-bond donors (Lipinski definition) is 2. The number of nitrogens with one attached hydrogen (secondary N) is 2. The molecule has 0 radical (unpaired) electrons. The van der Waals surface area contributed by atoms with E-state index in [1.807, 2.05) is 12.1 Å². The SMILES string of the molecule is CC(=O)NC1CCN(c2ccc3c(c2)NC(=O)C3=O)CC1. The fourth-order valence-electron chi connectivity index (χ4n) is 2.90. The van der Waals surface area contributed by atoms with Gasteiger partial charge in [-0.15, -0.1) is 0 Å². The number of fused-ring (bicyclic) bond motifs is 1. The average molecular weight is 287 g/mol. The number of ketones is 1. The highest BCUT2D eigenvalue weighted by atomic mass is 16.2. The van der Waals surface area contributed by atoms with Crippen LogP contribution >= 0.6 is 0 Å². The van der Waals surface area contributed by atoms with Gasteiger partial charge in [-0.3, -0.25) is 14.4 Å². The van der Waals surface area contributed by atoms with Gasteiger partial charge in [0.25, 0.3) is 11.7 Å². The first-order valence-corrected chi connectivity index (χ1v) is 7.06. The van der Waals surface area contributed by atoms with Crippen LogP contribution in [0.3, 0.4) is 0 Å². The number of carbonyl (C=O) groups excluding carboxylic acids is 3. The smallest absolute Gasteiger partial charge is 0.296 e. The van der Waals surface area contributed by atoms with Gasteiger partial charge < -0.3 is 15.5 Å². The normalized spacial score (nSPS) is 18.4. The fraction of sp³-hybridized carbons (Fsp3) is 0.400. The second kappa shape index (κ2) is 5.20. The highest BCUT2D eigenvalue weighted by Crippen LogP contribution is 2.29. The van der Waals surface area contributed by atoms with Crippen molar-refractivity contribution in [2.24, 2.45) is 0 Å². The minimum atomic E-state index is -0.563. The van der Waals surface area contributed by atoms with Crippen LogP contribution in [0.4, 0.5) is 11.4 Å². The van der Waals surface area contributed by atoms with E-state index < -0.39 is 11.7 Å². The summed E-state index contributed by atoms with van der Waals surface area (Å²) < 4.78 is 0. The van der Waals surface area contributed by atoms with Crippen LogP contribution in [0.2, 0.25) is 0 Å². The molecule has 0 saturated carbocycles. The molecule has 110 valence electrons. The number of nitrogens with zero attached hydrogens (tertiary/aromatic N) is 1. The van der Waals surface area contributed by atoms with Gasteiger partial charge >= 0.3 is 0 Å². The van der Waals surface area contributed by atoms with Crippen LogP contribution in [0.1, 0.15) is 30.1 Å². The predicted octanol–water partition coefficient (Wildman–Crippen LogP) is 0.926. The van der Waals surface area contributed by atoms with Crippen molar-refractivity contribution in [3.8, 4) is 0 Å². The Hall–Kier alpha value is -2.37. The third-order valence-corrected chi connectivity index (χ3v) is 3.97. The maximum absolute atomic E-state index is 11.6. The van der Waals surface area contributed by atoms with Crippen molar-refractivity contribution in [1.82, 2.24) is 5.32 Å². The highest BCUT2D eigenvalue weighted by molar-refractivity contribution is 6.51. The summed E-state index contributed by atoms with van der Waals surface area (Å²) in [7, 11) is 0. The molecule has 1 fully saturated rings. The van der Waals surface area contributed by atoms with Crippen LogP contribution < -0.4 is 15.5 Å². The van der Waals surface area contributed by atoms with Crippen LogP contribution in [0.15, 0.2) is 18.2 Å². The molecule has 0 spiro atoms. The molecule has 1 aromatic carbocycles. The molecule has 2 aliphatic heterocycles. The van der Waals surface area contributed by atoms with E-state index in [9.17, 15) is 14.4 Å². The van der Waals surface area contributed by atoms with E-state index in [4.69, 9.17) is 0 Å². The van der Waals surface area contributed by atoms with Crippen LogP contribution in [0.25, 0.3) is 0 Å². The zero-order chi connectivity index (χ0) is 15.0. The van der Waals surface area contributed by atoms with Gasteiger partial charge in [-0.25, -0.2) is 0 Å². The Labute approximate surface area is 122 Å². The molecule has 6 nitrogen and oxygen atoms in total. The molecule has 2 N–H and O–H groups in total. The Morgan fingerprint density at radius 1 is 1.29 bits per heavy atom. The molecule has 0 atom stereocenters. The lowest BCUT2D eigenvalue weighted by molar-refractivity contribution is -0.119. The van der Waals surface area contributed by atoms with Gasteiger partial charge in [-0.1, -0.05) is 0 Å². The molecule has 21 heavy (non-hydrogen) atoms. The molecule has 1 saturated heterocycles.